The highest BCUT2D eigenvalue weighted by Crippen LogP contribution is 2.20. The first-order valence-corrected chi connectivity index (χ1v) is 4.30. The van der Waals surface area contributed by atoms with E-state index in [1.807, 2.05) is 6.92 Å². The second kappa shape index (κ2) is 3.10. The standard InChI is InChI=1S/C7H11NOS/c1-3-8-6(2)4-7(9)5-10-8/h4H,3,5H2,1-2H3. The van der Waals surface area contributed by atoms with E-state index < -0.39 is 0 Å². The molecule has 1 rings (SSSR count). The van der Waals surface area contributed by atoms with Crippen molar-refractivity contribution in [2.75, 3.05) is 12.3 Å². The molecule has 0 atom stereocenters. The summed E-state index contributed by atoms with van der Waals surface area (Å²) in [7, 11) is 0. The molecule has 0 unspecified atom stereocenters. The van der Waals surface area contributed by atoms with Gasteiger partial charge in [-0.15, -0.1) is 0 Å². The molecule has 0 aromatic carbocycles. The van der Waals surface area contributed by atoms with Gasteiger partial charge in [-0.2, -0.15) is 0 Å². The molecule has 0 radical (unpaired) electrons. The van der Waals surface area contributed by atoms with E-state index in [2.05, 4.69) is 11.2 Å². The number of hydrogen-bond acceptors (Lipinski definition) is 3. The average molecular weight is 157 g/mol. The van der Waals surface area contributed by atoms with Crippen LogP contribution < -0.4 is 0 Å². The van der Waals surface area contributed by atoms with Crippen molar-refractivity contribution in [3.05, 3.63) is 11.8 Å². The van der Waals surface area contributed by atoms with Gasteiger partial charge < -0.3 is 4.31 Å². The molecule has 1 aliphatic rings. The normalized spacial score (nSPS) is 19.2. The highest BCUT2D eigenvalue weighted by molar-refractivity contribution is 7.97. The Morgan fingerprint density at radius 1 is 1.80 bits per heavy atom. The summed E-state index contributed by atoms with van der Waals surface area (Å²) in [5.41, 5.74) is 1.07. The number of nitrogens with zero attached hydrogens (tertiary/aromatic N) is 1. The van der Waals surface area contributed by atoms with Gasteiger partial charge in [0, 0.05) is 18.3 Å². The lowest BCUT2D eigenvalue weighted by Gasteiger charge is -2.24. The van der Waals surface area contributed by atoms with Gasteiger partial charge in [-0.05, 0) is 25.8 Å². The first kappa shape index (κ1) is 7.66. The Labute approximate surface area is 65.4 Å². The number of allylic oxidation sites excluding steroid dienone is 2. The minimum Gasteiger partial charge on any atom is -0.320 e. The van der Waals surface area contributed by atoms with Crippen molar-refractivity contribution >= 4 is 17.7 Å². The summed E-state index contributed by atoms with van der Waals surface area (Å²) in [6.45, 7) is 5.02. The molecular weight excluding hydrogens is 146 g/mol. The Bertz CT molecular complexity index is 176. The Balaban J connectivity index is 2.67. The predicted octanol–water partition coefficient (Wildman–Crippen LogP) is 1.44. The molecule has 1 aliphatic heterocycles. The third kappa shape index (κ3) is 1.53. The molecule has 3 heteroatoms. The maximum absolute atomic E-state index is 10.8. The van der Waals surface area contributed by atoms with Gasteiger partial charge in [0.25, 0.3) is 0 Å². The van der Waals surface area contributed by atoms with E-state index in [1.165, 1.54) is 0 Å². The molecule has 0 aromatic heterocycles. The van der Waals surface area contributed by atoms with Crippen LogP contribution in [0.3, 0.4) is 0 Å². The van der Waals surface area contributed by atoms with Crippen LogP contribution in [0.2, 0.25) is 0 Å². The fourth-order valence-corrected chi connectivity index (χ4v) is 1.74. The van der Waals surface area contributed by atoms with Gasteiger partial charge in [-0.3, -0.25) is 4.79 Å². The summed E-state index contributed by atoms with van der Waals surface area (Å²) in [6, 6.07) is 0. The zero-order chi connectivity index (χ0) is 7.56. The van der Waals surface area contributed by atoms with E-state index in [4.69, 9.17) is 0 Å². The van der Waals surface area contributed by atoms with Crippen molar-refractivity contribution in [2.45, 2.75) is 13.8 Å². The minimum atomic E-state index is 0.229. The van der Waals surface area contributed by atoms with Crippen LogP contribution in [0.1, 0.15) is 13.8 Å². The molecule has 0 aromatic rings. The highest BCUT2D eigenvalue weighted by Gasteiger charge is 2.12. The average Bonchev–Trinajstić information content (AvgIpc) is 1.88. The van der Waals surface area contributed by atoms with Crippen LogP contribution in [0.4, 0.5) is 0 Å². The van der Waals surface area contributed by atoms with Crippen LogP contribution in [-0.4, -0.2) is 22.4 Å². The maximum Gasteiger partial charge on any atom is 0.169 e. The molecule has 0 saturated carbocycles. The molecule has 0 aliphatic carbocycles. The van der Waals surface area contributed by atoms with E-state index >= 15 is 0 Å². The van der Waals surface area contributed by atoms with E-state index in [-0.39, 0.29) is 5.78 Å². The fourth-order valence-electron chi connectivity index (χ4n) is 0.931. The highest BCUT2D eigenvalue weighted by atomic mass is 32.2. The third-order valence-electron chi connectivity index (χ3n) is 1.41. The van der Waals surface area contributed by atoms with E-state index in [1.54, 1.807) is 18.0 Å². The van der Waals surface area contributed by atoms with Gasteiger partial charge in [-0.25, -0.2) is 0 Å². The lowest BCUT2D eigenvalue weighted by molar-refractivity contribution is -0.112. The maximum atomic E-state index is 10.8. The minimum absolute atomic E-state index is 0.229. The molecule has 2 nitrogen and oxygen atoms in total. The first-order chi connectivity index (χ1) is 4.74. The lowest BCUT2D eigenvalue weighted by atomic mass is 10.3. The van der Waals surface area contributed by atoms with Gasteiger partial charge in [0.05, 0.1) is 5.75 Å². The Morgan fingerprint density at radius 3 is 3.00 bits per heavy atom. The molecule has 0 spiro atoms. The summed E-state index contributed by atoms with van der Waals surface area (Å²) >= 11 is 1.59. The smallest absolute Gasteiger partial charge is 0.169 e. The molecule has 1 heterocycles. The van der Waals surface area contributed by atoms with Crippen LogP contribution in [-0.2, 0) is 4.79 Å². The third-order valence-corrected chi connectivity index (χ3v) is 2.68. The van der Waals surface area contributed by atoms with Crippen LogP contribution in [0.5, 0.6) is 0 Å². The van der Waals surface area contributed by atoms with Gasteiger partial charge in [-0.1, -0.05) is 0 Å². The molecule has 0 amide bonds. The summed E-state index contributed by atoms with van der Waals surface area (Å²) < 4.78 is 2.13. The summed E-state index contributed by atoms with van der Waals surface area (Å²) in [6.07, 6.45) is 1.71. The Morgan fingerprint density at radius 2 is 2.50 bits per heavy atom. The lowest BCUT2D eigenvalue weighted by Crippen LogP contribution is -2.20. The monoisotopic (exact) mass is 157 g/mol. The van der Waals surface area contributed by atoms with E-state index in [0.29, 0.717) is 5.75 Å². The van der Waals surface area contributed by atoms with Crippen LogP contribution in [0.15, 0.2) is 11.8 Å². The largest absolute Gasteiger partial charge is 0.320 e. The molecule has 0 fully saturated rings. The first-order valence-electron chi connectivity index (χ1n) is 3.35. The number of hydrogen-bond donors (Lipinski definition) is 0. The van der Waals surface area contributed by atoms with Crippen molar-refractivity contribution in [3.8, 4) is 0 Å². The second-order valence-electron chi connectivity index (χ2n) is 2.22. The van der Waals surface area contributed by atoms with Gasteiger partial charge >= 0.3 is 0 Å². The van der Waals surface area contributed by atoms with Crippen LogP contribution in [0, 0.1) is 0 Å². The fraction of sp³-hybridized carbons (Fsp3) is 0.571. The van der Waals surface area contributed by atoms with Crippen molar-refractivity contribution < 1.29 is 4.79 Å². The van der Waals surface area contributed by atoms with Gasteiger partial charge in [0.1, 0.15) is 0 Å². The quantitative estimate of drug-likeness (QED) is 0.537. The number of rotatable bonds is 1. The number of carbonyl (C=O) groups is 1. The van der Waals surface area contributed by atoms with Crippen LogP contribution >= 0.6 is 11.9 Å². The zero-order valence-corrected chi connectivity index (χ0v) is 7.07. The van der Waals surface area contributed by atoms with E-state index in [9.17, 15) is 4.79 Å². The van der Waals surface area contributed by atoms with Crippen molar-refractivity contribution in [2.24, 2.45) is 0 Å². The van der Waals surface area contributed by atoms with Gasteiger partial charge in [0.15, 0.2) is 5.78 Å². The molecule has 10 heavy (non-hydrogen) atoms. The SMILES string of the molecule is CCN1SCC(=O)C=C1C. The zero-order valence-electron chi connectivity index (χ0n) is 6.26. The van der Waals surface area contributed by atoms with Crippen molar-refractivity contribution in [3.63, 3.8) is 0 Å². The Kier molecular flexibility index (Phi) is 2.38. The number of ketones is 1. The molecule has 56 valence electrons. The summed E-state index contributed by atoms with van der Waals surface area (Å²) in [4.78, 5) is 10.8. The molecule has 0 N–H and O–H groups in total. The number of carbonyl (C=O) groups excluding carboxylic acids is 1. The molecular formula is C7H11NOS. The second-order valence-corrected chi connectivity index (χ2v) is 3.21. The van der Waals surface area contributed by atoms with Gasteiger partial charge in [0.2, 0.25) is 0 Å². The topological polar surface area (TPSA) is 20.3 Å². The van der Waals surface area contributed by atoms with Crippen molar-refractivity contribution in [1.29, 1.82) is 0 Å². The Hall–Kier alpha value is -0.440. The predicted molar refractivity (Wildman–Crippen MR) is 43.6 cm³/mol. The molecule has 0 bridgehead atoms. The molecule has 0 saturated heterocycles. The summed E-state index contributed by atoms with van der Waals surface area (Å²) in [5.74, 6) is 0.831. The van der Waals surface area contributed by atoms with Crippen LogP contribution in [0.25, 0.3) is 0 Å². The van der Waals surface area contributed by atoms with Crippen molar-refractivity contribution in [1.82, 2.24) is 4.31 Å². The summed E-state index contributed by atoms with van der Waals surface area (Å²) in [5, 5.41) is 0. The van der Waals surface area contributed by atoms with E-state index in [0.717, 1.165) is 12.2 Å².